The lowest BCUT2D eigenvalue weighted by Gasteiger charge is -2.51. The number of aromatic nitrogens is 1. The van der Waals surface area contributed by atoms with Crippen molar-refractivity contribution >= 4 is 29.0 Å². The van der Waals surface area contributed by atoms with Crippen LogP contribution < -0.4 is 18.9 Å². The number of ether oxygens (including phenoxy) is 7. The normalized spacial score (nSPS) is 21.4. The molecule has 0 spiro atoms. The van der Waals surface area contributed by atoms with Crippen LogP contribution in [0.3, 0.4) is 0 Å². The maximum atomic E-state index is 13.7. The van der Waals surface area contributed by atoms with Crippen LogP contribution in [0.1, 0.15) is 58.0 Å². The molecule has 4 aromatic rings. The fourth-order valence-electron chi connectivity index (χ4n) is 8.42. The van der Waals surface area contributed by atoms with Crippen molar-refractivity contribution in [1.29, 1.82) is 0 Å². The van der Waals surface area contributed by atoms with Gasteiger partial charge in [0.1, 0.15) is 18.5 Å². The number of nitrogens with one attached hydrogen (secondary N) is 1. The Kier molecular flexibility index (Phi) is 12.5. The zero-order valence-corrected chi connectivity index (χ0v) is 32.1. The second-order valence-electron chi connectivity index (χ2n) is 14.0. The first-order chi connectivity index (χ1) is 27.4. The number of carbonyl (C=O) groups is 3. The number of halogens is 3. The molecular weight excluding hydrogens is 753 g/mol. The highest BCUT2D eigenvalue weighted by atomic mass is 19.4. The van der Waals surface area contributed by atoms with Gasteiger partial charge in [0.15, 0.2) is 11.5 Å². The zero-order valence-electron chi connectivity index (χ0n) is 32.1. The molecule has 3 aromatic carbocycles. The first-order valence-corrected chi connectivity index (χ1v) is 18.3. The highest BCUT2D eigenvalue weighted by Gasteiger charge is 2.49. The van der Waals surface area contributed by atoms with Crippen molar-refractivity contribution in [2.45, 2.75) is 50.6 Å². The molecule has 0 radical (unpaired) electrons. The van der Waals surface area contributed by atoms with Gasteiger partial charge in [0.25, 0.3) is 0 Å². The number of aliphatic hydroxyl groups excluding tert-OH is 1. The number of nitrogens with zero attached hydrogens (tertiary/aromatic N) is 1. The Labute approximate surface area is 326 Å². The summed E-state index contributed by atoms with van der Waals surface area (Å²) in [4.78, 5) is 45.6. The molecular formula is C41H45F3N2O11. The van der Waals surface area contributed by atoms with Crippen LogP contribution in [0, 0.1) is 17.8 Å². The molecule has 306 valence electrons. The summed E-state index contributed by atoms with van der Waals surface area (Å²) in [6, 6.07) is 13.0. The zero-order chi connectivity index (χ0) is 41.0. The molecule has 2 aliphatic heterocycles. The minimum absolute atomic E-state index is 0.0196. The van der Waals surface area contributed by atoms with E-state index in [0.717, 1.165) is 56.4 Å². The summed E-state index contributed by atoms with van der Waals surface area (Å²) in [5.41, 5.74) is 3.02. The predicted octanol–water partition coefficient (Wildman–Crippen LogP) is 6.88. The number of hydrogen-bond acceptors (Lipinski definition) is 12. The van der Waals surface area contributed by atoms with Crippen molar-refractivity contribution in [3.05, 3.63) is 82.5 Å². The van der Waals surface area contributed by atoms with Crippen molar-refractivity contribution in [3.8, 4) is 23.0 Å². The van der Waals surface area contributed by atoms with Crippen molar-refractivity contribution in [1.82, 2.24) is 9.88 Å². The molecule has 1 aromatic heterocycles. The number of carbonyl (C=O) groups excluding carboxylic acids is 3. The largest absolute Gasteiger partial charge is 0.514 e. The number of rotatable bonds is 9. The number of aromatic amines is 1. The molecule has 57 heavy (non-hydrogen) atoms. The topological polar surface area (TPSA) is 155 Å². The van der Waals surface area contributed by atoms with E-state index >= 15 is 0 Å². The van der Waals surface area contributed by atoms with E-state index in [4.69, 9.17) is 38.3 Å². The Balaban J connectivity index is 0.00000270. The van der Waals surface area contributed by atoms with E-state index < -0.39 is 35.9 Å². The van der Waals surface area contributed by atoms with E-state index in [9.17, 15) is 27.6 Å². The lowest BCUT2D eigenvalue weighted by Crippen LogP contribution is -2.52. The summed E-state index contributed by atoms with van der Waals surface area (Å²) < 4.78 is 76.7. The Bertz CT molecular complexity index is 2060. The summed E-state index contributed by atoms with van der Waals surface area (Å²) in [7, 11) is 6.63. The first kappa shape index (κ1) is 41.2. The summed E-state index contributed by atoms with van der Waals surface area (Å²) >= 11 is 0. The molecule has 0 amide bonds. The fourth-order valence-corrected chi connectivity index (χ4v) is 8.42. The molecule has 2 fully saturated rings. The van der Waals surface area contributed by atoms with E-state index in [1.807, 2.05) is 12.1 Å². The number of esters is 2. The Morgan fingerprint density at radius 1 is 0.895 bits per heavy atom. The van der Waals surface area contributed by atoms with E-state index in [2.05, 4.69) is 16.0 Å². The van der Waals surface area contributed by atoms with Crippen LogP contribution in [0.15, 0.2) is 54.6 Å². The molecule has 3 unspecified atom stereocenters. The van der Waals surface area contributed by atoms with Crippen LogP contribution in [-0.2, 0) is 38.2 Å². The average Bonchev–Trinajstić information content (AvgIpc) is 3.60. The van der Waals surface area contributed by atoms with Gasteiger partial charge in [-0.25, -0.2) is 9.59 Å². The molecule has 2 N–H and O–H groups in total. The van der Waals surface area contributed by atoms with Crippen molar-refractivity contribution in [3.63, 3.8) is 0 Å². The lowest BCUT2D eigenvalue weighted by molar-refractivity contribution is -0.155. The van der Waals surface area contributed by atoms with Gasteiger partial charge in [0, 0.05) is 42.9 Å². The third-order valence-corrected chi connectivity index (χ3v) is 11.0. The van der Waals surface area contributed by atoms with Crippen LogP contribution in [0.2, 0.25) is 0 Å². The van der Waals surface area contributed by atoms with E-state index in [1.54, 1.807) is 7.11 Å². The minimum atomic E-state index is -4.50. The third kappa shape index (κ3) is 8.61. The number of alkyl halides is 3. The van der Waals surface area contributed by atoms with Gasteiger partial charge in [-0.15, -0.1) is 0 Å². The summed E-state index contributed by atoms with van der Waals surface area (Å²) in [6.45, 7) is 1.24. The van der Waals surface area contributed by atoms with E-state index in [0.29, 0.717) is 18.4 Å². The van der Waals surface area contributed by atoms with Crippen molar-refractivity contribution in [2.75, 3.05) is 48.6 Å². The summed E-state index contributed by atoms with van der Waals surface area (Å²) in [6.07, 6.45) is -3.76. The second kappa shape index (κ2) is 17.3. The average molecular weight is 799 g/mol. The van der Waals surface area contributed by atoms with Gasteiger partial charge in [0.05, 0.1) is 51.5 Å². The van der Waals surface area contributed by atoms with Gasteiger partial charge in [-0.1, -0.05) is 12.1 Å². The van der Waals surface area contributed by atoms with Crippen LogP contribution >= 0.6 is 0 Å². The van der Waals surface area contributed by atoms with Crippen LogP contribution in [0.4, 0.5) is 18.0 Å². The number of fused-ring (bicyclic) bond motifs is 6. The van der Waals surface area contributed by atoms with Gasteiger partial charge in [0.2, 0.25) is 5.75 Å². The molecule has 0 bridgehead atoms. The van der Waals surface area contributed by atoms with Crippen LogP contribution in [0.25, 0.3) is 10.9 Å². The molecule has 3 heterocycles. The monoisotopic (exact) mass is 798 g/mol. The fraction of sp³-hybridized carbons (Fsp3) is 0.439. The van der Waals surface area contributed by atoms with E-state index in [1.165, 1.54) is 62.2 Å². The lowest BCUT2D eigenvalue weighted by atomic mass is 9.65. The maximum Gasteiger partial charge on any atom is 0.514 e. The minimum Gasteiger partial charge on any atom is -0.497 e. The number of methoxy groups -OCH3 is 4. The molecule has 1 saturated carbocycles. The maximum absolute atomic E-state index is 13.7. The summed E-state index contributed by atoms with van der Waals surface area (Å²) in [5, 5.41) is 8.18. The van der Waals surface area contributed by atoms with E-state index in [-0.39, 0.29) is 53.3 Å². The highest BCUT2D eigenvalue weighted by molar-refractivity contribution is 5.91. The van der Waals surface area contributed by atoms with Crippen LogP contribution in [-0.4, -0.2) is 87.8 Å². The molecule has 13 nitrogen and oxygen atoms in total. The Hall–Kier alpha value is -5.48. The molecule has 1 aliphatic carbocycles. The molecule has 1 saturated heterocycles. The van der Waals surface area contributed by atoms with Crippen molar-refractivity contribution < 1.29 is 65.8 Å². The third-order valence-electron chi connectivity index (χ3n) is 11.0. The first-order valence-electron chi connectivity index (χ1n) is 18.3. The quantitative estimate of drug-likeness (QED) is 0.103. The Morgan fingerprint density at radius 2 is 1.60 bits per heavy atom. The second-order valence-corrected chi connectivity index (χ2v) is 14.0. The van der Waals surface area contributed by atoms with Gasteiger partial charge >= 0.3 is 24.3 Å². The van der Waals surface area contributed by atoms with Crippen molar-refractivity contribution in [2.24, 2.45) is 17.8 Å². The number of hydrogen-bond donors (Lipinski definition) is 2. The Morgan fingerprint density at radius 3 is 2.23 bits per heavy atom. The molecule has 3 aliphatic rings. The molecule has 16 heteroatoms. The number of aliphatic hydroxyl groups is 1. The number of H-pyrrole nitrogens is 1. The SMILES string of the molecule is CO.COC(=O)C1CC(OC(=O)c2cc(OC)c(OC(=O)OCc3ccc(C(F)(F)F)cc3)c(OC)c2)C[C@@H]2CN3CCc4c([nH]c5cc(OC)ccc45)C3C[C@H]12. The van der Waals surface area contributed by atoms with Gasteiger partial charge in [-0.3, -0.25) is 9.69 Å². The predicted molar refractivity (Wildman–Crippen MR) is 198 cm³/mol. The number of piperidine rings is 1. The smallest absolute Gasteiger partial charge is 0.497 e. The highest BCUT2D eigenvalue weighted by Crippen LogP contribution is 2.50. The molecule has 5 atom stereocenters. The standard InChI is InChI=1S/C40H41F3N2O10.CH4O/c1-49-25-9-10-27-28-11-12-45-19-23-13-26(16-30(38(47)52-4)29(23)18-32(45)35(28)44-31(27)17-25)54-37(46)22-14-33(50-2)36(34(15-22)51-3)55-39(48)53-20-21-5-7-24(8-6-21)40(41,42)43;1-2/h5-10,14-15,17,23,26,29-30,32,44H,11-13,16,18-20H2,1-4H3;2H,1H3/t23-,26?,29+,30?,32?;/m1./s1. The molecule has 7 rings (SSSR count). The summed E-state index contributed by atoms with van der Waals surface area (Å²) in [5.74, 6) is -0.880. The number of benzene rings is 3. The van der Waals surface area contributed by atoms with Gasteiger partial charge < -0.3 is 43.2 Å². The van der Waals surface area contributed by atoms with Gasteiger partial charge in [-0.2, -0.15) is 13.2 Å². The van der Waals surface area contributed by atoms with Gasteiger partial charge in [-0.05, 0) is 85.0 Å². The van der Waals surface area contributed by atoms with Crippen LogP contribution in [0.5, 0.6) is 23.0 Å².